The lowest BCUT2D eigenvalue weighted by molar-refractivity contribution is 0.391. The molecule has 1 unspecified atom stereocenters. The summed E-state index contributed by atoms with van der Waals surface area (Å²) in [7, 11) is 2.16. The zero-order chi connectivity index (χ0) is 15.2. The third-order valence-corrected chi connectivity index (χ3v) is 4.16. The van der Waals surface area contributed by atoms with Crippen molar-refractivity contribution in [3.8, 4) is 11.5 Å². The van der Waals surface area contributed by atoms with Crippen LogP contribution in [0.2, 0.25) is 0 Å². The lowest BCUT2D eigenvalue weighted by Gasteiger charge is -2.18. The molecule has 1 rings (SSSR count). The highest BCUT2D eigenvalue weighted by Gasteiger charge is 2.13. The second-order valence-electron chi connectivity index (χ2n) is 4.76. The van der Waals surface area contributed by atoms with Crippen molar-refractivity contribution in [3.63, 3.8) is 0 Å². The molecule has 0 aliphatic carbocycles. The Morgan fingerprint density at radius 2 is 1.70 bits per heavy atom. The van der Waals surface area contributed by atoms with Crippen LogP contribution in [0.1, 0.15) is 24.4 Å². The van der Waals surface area contributed by atoms with Crippen LogP contribution < -0.4 is 14.8 Å². The molecule has 0 aliphatic rings. The van der Waals surface area contributed by atoms with E-state index < -0.39 is 9.84 Å². The molecule has 20 heavy (non-hydrogen) atoms. The summed E-state index contributed by atoms with van der Waals surface area (Å²) in [4.78, 5) is 0. The fraction of sp³-hybridized carbons (Fsp3) is 0.571. The number of sulfone groups is 1. The maximum absolute atomic E-state index is 11.2. The number of hydrogen-bond donors (Lipinski definition) is 1. The van der Waals surface area contributed by atoms with Gasteiger partial charge in [-0.15, -0.1) is 0 Å². The first-order valence-corrected chi connectivity index (χ1v) is 8.53. The zero-order valence-electron chi connectivity index (χ0n) is 12.5. The Balaban J connectivity index is 2.83. The lowest BCUT2D eigenvalue weighted by Crippen LogP contribution is -2.17. The summed E-state index contributed by atoms with van der Waals surface area (Å²) in [5.74, 6) is 1.65. The average molecular weight is 301 g/mol. The molecule has 1 aromatic rings. The molecule has 1 N–H and O–H groups in total. The van der Waals surface area contributed by atoms with Gasteiger partial charge in [0.1, 0.15) is 21.3 Å². The zero-order valence-corrected chi connectivity index (χ0v) is 13.3. The Morgan fingerprint density at radius 3 is 2.10 bits per heavy atom. The molecular formula is C14H23NO4S. The van der Waals surface area contributed by atoms with Crippen LogP contribution in [0.5, 0.6) is 11.5 Å². The summed E-state index contributed by atoms with van der Waals surface area (Å²) in [6.45, 7) is 0. The Morgan fingerprint density at radius 1 is 1.15 bits per heavy atom. The Labute approximate surface area is 121 Å². The fourth-order valence-electron chi connectivity index (χ4n) is 2.06. The van der Waals surface area contributed by atoms with E-state index in [-0.39, 0.29) is 11.8 Å². The second-order valence-corrected chi connectivity index (χ2v) is 7.02. The minimum atomic E-state index is -2.91. The van der Waals surface area contributed by atoms with Gasteiger partial charge in [0.05, 0.1) is 14.2 Å². The van der Waals surface area contributed by atoms with Crippen LogP contribution in [-0.4, -0.2) is 41.7 Å². The summed E-state index contributed by atoms with van der Waals surface area (Å²) in [6.07, 6.45) is 2.61. The van der Waals surface area contributed by atoms with Gasteiger partial charge < -0.3 is 14.8 Å². The minimum absolute atomic E-state index is 0.0701. The quantitative estimate of drug-likeness (QED) is 0.793. The average Bonchev–Trinajstić information content (AvgIpc) is 2.41. The maximum atomic E-state index is 11.2. The predicted molar refractivity (Wildman–Crippen MR) is 80.3 cm³/mol. The van der Waals surface area contributed by atoms with Crippen molar-refractivity contribution in [2.24, 2.45) is 0 Å². The number of nitrogens with one attached hydrogen (secondary N) is 1. The summed E-state index contributed by atoms with van der Waals surface area (Å²) < 4.78 is 32.9. The first kappa shape index (κ1) is 16.8. The summed E-state index contributed by atoms with van der Waals surface area (Å²) >= 11 is 0. The predicted octanol–water partition coefficient (Wildman–Crippen LogP) is 1.79. The van der Waals surface area contributed by atoms with E-state index in [4.69, 9.17) is 9.47 Å². The van der Waals surface area contributed by atoms with Crippen molar-refractivity contribution in [2.75, 3.05) is 33.3 Å². The number of methoxy groups -OCH3 is 2. The van der Waals surface area contributed by atoms with Crippen molar-refractivity contribution in [1.82, 2.24) is 5.32 Å². The Kier molecular flexibility index (Phi) is 6.29. The maximum Gasteiger partial charge on any atom is 0.147 e. The van der Waals surface area contributed by atoms with Crippen molar-refractivity contribution >= 4 is 9.84 Å². The van der Waals surface area contributed by atoms with E-state index in [2.05, 4.69) is 5.32 Å². The third-order valence-electron chi connectivity index (χ3n) is 3.13. The van der Waals surface area contributed by atoms with Gasteiger partial charge in [-0.3, -0.25) is 0 Å². The molecule has 0 amide bonds. The summed E-state index contributed by atoms with van der Waals surface area (Å²) in [6, 6.07) is 5.75. The highest BCUT2D eigenvalue weighted by molar-refractivity contribution is 7.90. The number of ether oxygens (including phenoxy) is 2. The molecule has 0 fully saturated rings. The Hall–Kier alpha value is -1.27. The second kappa shape index (κ2) is 7.50. The van der Waals surface area contributed by atoms with Gasteiger partial charge in [0.25, 0.3) is 0 Å². The molecule has 1 atom stereocenters. The van der Waals surface area contributed by atoms with Crippen LogP contribution in [0.25, 0.3) is 0 Å². The third kappa shape index (κ3) is 5.38. The Bertz CT molecular complexity index is 506. The van der Waals surface area contributed by atoms with Crippen LogP contribution in [0.15, 0.2) is 18.2 Å². The molecule has 0 aromatic heterocycles. The molecule has 1 aromatic carbocycles. The largest absolute Gasteiger partial charge is 0.497 e. The van der Waals surface area contributed by atoms with E-state index >= 15 is 0 Å². The smallest absolute Gasteiger partial charge is 0.147 e. The molecule has 5 nitrogen and oxygen atoms in total. The molecular weight excluding hydrogens is 278 g/mol. The van der Waals surface area contributed by atoms with E-state index in [0.717, 1.165) is 23.5 Å². The minimum Gasteiger partial charge on any atom is -0.497 e. The normalized spacial score (nSPS) is 13.0. The highest BCUT2D eigenvalue weighted by Crippen LogP contribution is 2.28. The molecule has 0 saturated heterocycles. The molecule has 114 valence electrons. The van der Waals surface area contributed by atoms with Crippen molar-refractivity contribution in [1.29, 1.82) is 0 Å². The molecule has 0 bridgehead atoms. The van der Waals surface area contributed by atoms with Crippen LogP contribution in [0.3, 0.4) is 0 Å². The van der Waals surface area contributed by atoms with Crippen LogP contribution >= 0.6 is 0 Å². The first-order chi connectivity index (χ1) is 9.39. The number of rotatable bonds is 8. The summed E-state index contributed by atoms with van der Waals surface area (Å²) in [5, 5.41) is 3.20. The van der Waals surface area contributed by atoms with Crippen molar-refractivity contribution < 1.29 is 17.9 Å². The van der Waals surface area contributed by atoms with Gasteiger partial charge in [-0.1, -0.05) is 0 Å². The van der Waals surface area contributed by atoms with Gasteiger partial charge in [-0.05, 0) is 37.6 Å². The first-order valence-electron chi connectivity index (χ1n) is 6.47. The molecule has 0 radical (unpaired) electrons. The van der Waals surface area contributed by atoms with Gasteiger partial charge in [0, 0.05) is 24.1 Å². The van der Waals surface area contributed by atoms with Gasteiger partial charge in [0.2, 0.25) is 0 Å². The number of benzene rings is 1. The SMILES string of the molecule is CNC(CCCS(C)(=O)=O)c1cc(OC)cc(OC)c1. The standard InChI is InChI=1S/C14H23NO4S/c1-15-14(6-5-7-20(4,16)17)11-8-12(18-2)10-13(9-11)19-3/h8-10,14-15H,5-7H2,1-4H3. The topological polar surface area (TPSA) is 64.6 Å². The van der Waals surface area contributed by atoms with Crippen molar-refractivity contribution in [3.05, 3.63) is 23.8 Å². The lowest BCUT2D eigenvalue weighted by atomic mass is 10.0. The molecule has 0 aliphatic heterocycles. The van der Waals surface area contributed by atoms with Gasteiger partial charge in [0.15, 0.2) is 0 Å². The van der Waals surface area contributed by atoms with E-state index in [1.54, 1.807) is 14.2 Å². The monoisotopic (exact) mass is 301 g/mol. The summed E-state index contributed by atoms with van der Waals surface area (Å²) in [5.41, 5.74) is 1.03. The van der Waals surface area contributed by atoms with Crippen LogP contribution in [0.4, 0.5) is 0 Å². The van der Waals surface area contributed by atoms with E-state index in [0.29, 0.717) is 6.42 Å². The van der Waals surface area contributed by atoms with Crippen LogP contribution in [0, 0.1) is 0 Å². The van der Waals surface area contributed by atoms with E-state index in [1.807, 2.05) is 25.2 Å². The van der Waals surface area contributed by atoms with Gasteiger partial charge in [-0.2, -0.15) is 0 Å². The molecule has 6 heteroatoms. The molecule has 0 heterocycles. The van der Waals surface area contributed by atoms with E-state index in [9.17, 15) is 8.42 Å². The van der Waals surface area contributed by atoms with E-state index in [1.165, 1.54) is 6.26 Å². The fourth-order valence-corrected chi connectivity index (χ4v) is 2.75. The van der Waals surface area contributed by atoms with Gasteiger partial charge >= 0.3 is 0 Å². The van der Waals surface area contributed by atoms with Gasteiger partial charge in [-0.25, -0.2) is 8.42 Å². The number of hydrogen-bond acceptors (Lipinski definition) is 5. The molecule has 0 spiro atoms. The van der Waals surface area contributed by atoms with Crippen LogP contribution in [-0.2, 0) is 9.84 Å². The van der Waals surface area contributed by atoms with Crippen molar-refractivity contribution in [2.45, 2.75) is 18.9 Å². The highest BCUT2D eigenvalue weighted by atomic mass is 32.2. The molecule has 0 saturated carbocycles.